The van der Waals surface area contributed by atoms with Crippen LogP contribution in [-0.2, 0) is 0 Å². The van der Waals surface area contributed by atoms with Gasteiger partial charge in [0.25, 0.3) is 6.01 Å². The third kappa shape index (κ3) is 1.04. The molecule has 1 heterocycles. The SMILES string of the molecule is c1coc(NC2CC2)n1. The molecule has 0 aliphatic heterocycles. The van der Waals surface area contributed by atoms with E-state index in [0.29, 0.717) is 12.1 Å². The molecule has 1 aliphatic carbocycles. The average molecular weight is 124 g/mol. The van der Waals surface area contributed by atoms with E-state index < -0.39 is 0 Å². The second-order valence-corrected chi connectivity index (χ2v) is 2.26. The number of nitrogens with zero attached hydrogens (tertiary/aromatic N) is 1. The molecule has 9 heavy (non-hydrogen) atoms. The normalized spacial score (nSPS) is 17.8. The first kappa shape index (κ1) is 4.85. The molecule has 0 atom stereocenters. The summed E-state index contributed by atoms with van der Waals surface area (Å²) in [6, 6.07) is 1.28. The highest BCUT2D eigenvalue weighted by atomic mass is 16.4. The van der Waals surface area contributed by atoms with Crippen LogP contribution in [0.1, 0.15) is 12.8 Å². The van der Waals surface area contributed by atoms with Gasteiger partial charge in [0.15, 0.2) is 0 Å². The molecule has 0 bridgehead atoms. The van der Waals surface area contributed by atoms with Gasteiger partial charge in [0, 0.05) is 6.04 Å². The molecule has 48 valence electrons. The zero-order chi connectivity index (χ0) is 6.10. The van der Waals surface area contributed by atoms with E-state index in [-0.39, 0.29) is 0 Å². The summed E-state index contributed by atoms with van der Waals surface area (Å²) in [7, 11) is 0. The van der Waals surface area contributed by atoms with Crippen molar-refractivity contribution in [1.82, 2.24) is 4.98 Å². The molecule has 3 nitrogen and oxygen atoms in total. The van der Waals surface area contributed by atoms with E-state index in [9.17, 15) is 0 Å². The van der Waals surface area contributed by atoms with Crippen LogP contribution in [0.5, 0.6) is 0 Å². The Labute approximate surface area is 53.1 Å². The molecule has 1 N–H and O–H groups in total. The third-order valence-electron chi connectivity index (χ3n) is 1.34. The van der Waals surface area contributed by atoms with Crippen LogP contribution in [0.25, 0.3) is 0 Å². The summed E-state index contributed by atoms with van der Waals surface area (Å²) in [6.07, 6.45) is 5.72. The summed E-state index contributed by atoms with van der Waals surface area (Å²) in [5.41, 5.74) is 0. The number of hydrogen-bond donors (Lipinski definition) is 1. The molecule has 1 aromatic heterocycles. The minimum absolute atomic E-state index is 0.628. The van der Waals surface area contributed by atoms with E-state index in [1.54, 1.807) is 12.5 Å². The Kier molecular flexibility index (Phi) is 0.946. The molecule has 1 aromatic rings. The highest BCUT2D eigenvalue weighted by molar-refractivity contribution is 5.22. The Morgan fingerprint density at radius 1 is 1.67 bits per heavy atom. The Morgan fingerprint density at radius 3 is 3.11 bits per heavy atom. The van der Waals surface area contributed by atoms with Gasteiger partial charge < -0.3 is 9.73 Å². The molecule has 0 spiro atoms. The zero-order valence-corrected chi connectivity index (χ0v) is 5.00. The predicted octanol–water partition coefficient (Wildman–Crippen LogP) is 1.25. The van der Waals surface area contributed by atoms with E-state index in [1.165, 1.54) is 12.8 Å². The predicted molar refractivity (Wildman–Crippen MR) is 33.1 cm³/mol. The van der Waals surface area contributed by atoms with Crippen LogP contribution in [0.3, 0.4) is 0 Å². The van der Waals surface area contributed by atoms with Crippen molar-refractivity contribution in [2.45, 2.75) is 18.9 Å². The smallest absolute Gasteiger partial charge is 0.294 e. The van der Waals surface area contributed by atoms with E-state index in [4.69, 9.17) is 4.42 Å². The van der Waals surface area contributed by atoms with Crippen molar-refractivity contribution in [2.24, 2.45) is 0 Å². The van der Waals surface area contributed by atoms with Gasteiger partial charge in [-0.2, -0.15) is 0 Å². The van der Waals surface area contributed by atoms with Crippen molar-refractivity contribution in [2.75, 3.05) is 5.32 Å². The number of aromatic nitrogens is 1. The first-order valence-electron chi connectivity index (χ1n) is 3.11. The van der Waals surface area contributed by atoms with Gasteiger partial charge >= 0.3 is 0 Å². The summed E-state index contributed by atoms with van der Waals surface area (Å²) < 4.78 is 4.96. The van der Waals surface area contributed by atoms with E-state index >= 15 is 0 Å². The van der Waals surface area contributed by atoms with Crippen molar-refractivity contribution in [1.29, 1.82) is 0 Å². The maximum Gasteiger partial charge on any atom is 0.294 e. The number of oxazole rings is 1. The maximum absolute atomic E-state index is 4.96. The fourth-order valence-corrected chi connectivity index (χ4v) is 0.697. The lowest BCUT2D eigenvalue weighted by Crippen LogP contribution is -1.99. The monoisotopic (exact) mass is 124 g/mol. The van der Waals surface area contributed by atoms with E-state index in [0.717, 1.165) is 0 Å². The molecule has 2 rings (SSSR count). The number of anilines is 1. The van der Waals surface area contributed by atoms with E-state index in [1.807, 2.05) is 0 Å². The second kappa shape index (κ2) is 1.76. The molecular formula is C6H8N2O. The molecule has 1 fully saturated rings. The largest absolute Gasteiger partial charge is 0.432 e. The van der Waals surface area contributed by atoms with Gasteiger partial charge in [-0.1, -0.05) is 0 Å². The quantitative estimate of drug-likeness (QED) is 0.644. The summed E-state index contributed by atoms with van der Waals surface area (Å²) >= 11 is 0. The fraction of sp³-hybridized carbons (Fsp3) is 0.500. The highest BCUT2D eigenvalue weighted by Gasteiger charge is 2.21. The van der Waals surface area contributed by atoms with Crippen LogP contribution >= 0.6 is 0 Å². The summed E-state index contributed by atoms with van der Waals surface area (Å²) in [5, 5.41) is 3.12. The van der Waals surface area contributed by atoms with Crippen LogP contribution < -0.4 is 5.32 Å². The van der Waals surface area contributed by atoms with Gasteiger partial charge in [-0.15, -0.1) is 0 Å². The van der Waals surface area contributed by atoms with Crippen molar-refractivity contribution >= 4 is 6.01 Å². The standard InChI is InChI=1S/C6H8N2O/c1-2-5(1)8-6-7-3-4-9-6/h3-5H,1-2H2,(H,7,8). The van der Waals surface area contributed by atoms with Crippen LogP contribution in [0.15, 0.2) is 16.9 Å². The molecule has 1 aliphatic rings. The Hall–Kier alpha value is -0.990. The molecule has 0 aromatic carbocycles. The van der Waals surface area contributed by atoms with Crippen molar-refractivity contribution in [3.63, 3.8) is 0 Å². The molecule has 0 saturated heterocycles. The van der Waals surface area contributed by atoms with Crippen molar-refractivity contribution in [3.05, 3.63) is 12.5 Å². The summed E-state index contributed by atoms with van der Waals surface area (Å²) in [6.45, 7) is 0. The lowest BCUT2D eigenvalue weighted by Gasteiger charge is -1.93. The average Bonchev–Trinajstić information content (AvgIpc) is 2.46. The summed E-state index contributed by atoms with van der Waals surface area (Å²) in [5.74, 6) is 0. The first-order valence-corrected chi connectivity index (χ1v) is 3.11. The Bertz CT molecular complexity index is 179. The third-order valence-corrected chi connectivity index (χ3v) is 1.34. The van der Waals surface area contributed by atoms with Gasteiger partial charge in [0.2, 0.25) is 0 Å². The lowest BCUT2D eigenvalue weighted by atomic mass is 10.7. The van der Waals surface area contributed by atoms with Crippen molar-refractivity contribution in [3.8, 4) is 0 Å². The van der Waals surface area contributed by atoms with E-state index in [2.05, 4.69) is 10.3 Å². The maximum atomic E-state index is 4.96. The van der Waals surface area contributed by atoms with Crippen LogP contribution in [-0.4, -0.2) is 11.0 Å². The first-order chi connectivity index (χ1) is 4.45. The Balaban J connectivity index is 1.99. The summed E-state index contributed by atoms with van der Waals surface area (Å²) in [4.78, 5) is 3.92. The molecule has 0 amide bonds. The minimum atomic E-state index is 0.628. The molecule has 3 heteroatoms. The molecule has 1 saturated carbocycles. The minimum Gasteiger partial charge on any atom is -0.432 e. The molecular weight excluding hydrogens is 116 g/mol. The topological polar surface area (TPSA) is 38.1 Å². The Morgan fingerprint density at radius 2 is 2.56 bits per heavy atom. The second-order valence-electron chi connectivity index (χ2n) is 2.26. The van der Waals surface area contributed by atoms with Crippen molar-refractivity contribution < 1.29 is 4.42 Å². The van der Waals surface area contributed by atoms with Gasteiger partial charge in [-0.05, 0) is 12.8 Å². The highest BCUT2D eigenvalue weighted by Crippen LogP contribution is 2.23. The number of nitrogens with one attached hydrogen (secondary N) is 1. The zero-order valence-electron chi connectivity index (χ0n) is 5.00. The molecule has 0 radical (unpaired) electrons. The number of hydrogen-bond acceptors (Lipinski definition) is 3. The van der Waals surface area contributed by atoms with Gasteiger partial charge in [-0.3, -0.25) is 0 Å². The van der Waals surface area contributed by atoms with Crippen LogP contribution in [0, 0.1) is 0 Å². The van der Waals surface area contributed by atoms with Crippen LogP contribution in [0.4, 0.5) is 6.01 Å². The number of rotatable bonds is 2. The molecule has 0 unspecified atom stereocenters. The van der Waals surface area contributed by atoms with Gasteiger partial charge in [0.05, 0.1) is 6.20 Å². The van der Waals surface area contributed by atoms with Gasteiger partial charge in [-0.25, -0.2) is 4.98 Å². The van der Waals surface area contributed by atoms with Crippen LogP contribution in [0.2, 0.25) is 0 Å². The fourth-order valence-electron chi connectivity index (χ4n) is 0.697. The van der Waals surface area contributed by atoms with Gasteiger partial charge in [0.1, 0.15) is 6.26 Å². The lowest BCUT2D eigenvalue weighted by molar-refractivity contribution is 0.571.